The third-order valence-electron chi connectivity index (χ3n) is 6.46. The van der Waals surface area contributed by atoms with E-state index in [1.54, 1.807) is 7.11 Å². The molecular formula is C38H48O9. The Kier molecular flexibility index (Phi) is 18.6. The first-order valence-corrected chi connectivity index (χ1v) is 16.0. The lowest BCUT2D eigenvalue weighted by Gasteiger charge is -2.16. The topological polar surface area (TPSA) is 83.1 Å². The quantitative estimate of drug-likeness (QED) is 0.0646. The Labute approximate surface area is 279 Å². The molecule has 47 heavy (non-hydrogen) atoms. The highest BCUT2D eigenvalue weighted by atomic mass is 16.7. The zero-order valence-corrected chi connectivity index (χ0v) is 28.1. The standard InChI is InChI=1S/C38H48O9/c1-5-40-20-21-43-19-11-14-33-26-34(17-15-31-16-18-35(36(27-31)39-4)45-24-22-41-6-2)38(37(28-33)46-25-23-42-7-3)47-30-44-29-32-12-9-8-10-13-32/h8-14,16,18,26-28H,5-7,19-25,29-30H2,1-4H3/b14-11+. The number of ether oxygens (including phenoxy) is 9. The Morgan fingerprint density at radius 3 is 2.00 bits per heavy atom. The van der Waals surface area contributed by atoms with Crippen LogP contribution in [0, 0.1) is 11.8 Å². The van der Waals surface area contributed by atoms with E-state index in [9.17, 15) is 0 Å². The molecule has 0 saturated carbocycles. The molecule has 0 heterocycles. The molecule has 0 aromatic heterocycles. The van der Waals surface area contributed by atoms with Crippen LogP contribution in [0.5, 0.6) is 23.0 Å². The highest BCUT2D eigenvalue weighted by Gasteiger charge is 2.14. The van der Waals surface area contributed by atoms with Crippen LogP contribution in [0.1, 0.15) is 43.0 Å². The van der Waals surface area contributed by atoms with Crippen molar-refractivity contribution >= 4 is 6.08 Å². The van der Waals surface area contributed by atoms with Gasteiger partial charge in [0.2, 0.25) is 0 Å². The maximum atomic E-state index is 6.19. The van der Waals surface area contributed by atoms with Crippen LogP contribution >= 0.6 is 0 Å². The van der Waals surface area contributed by atoms with Crippen LogP contribution < -0.4 is 18.9 Å². The van der Waals surface area contributed by atoms with E-state index in [0.29, 0.717) is 101 Å². The van der Waals surface area contributed by atoms with Crippen molar-refractivity contribution < 1.29 is 42.6 Å². The Morgan fingerprint density at radius 2 is 1.30 bits per heavy atom. The number of hydrogen-bond acceptors (Lipinski definition) is 9. The molecule has 0 atom stereocenters. The number of methoxy groups -OCH3 is 1. The van der Waals surface area contributed by atoms with Crippen LogP contribution in [0.25, 0.3) is 6.08 Å². The molecule has 0 bridgehead atoms. The molecular weight excluding hydrogens is 600 g/mol. The lowest BCUT2D eigenvalue weighted by Crippen LogP contribution is -2.10. The van der Waals surface area contributed by atoms with Crippen molar-refractivity contribution in [2.75, 3.05) is 80.0 Å². The van der Waals surface area contributed by atoms with E-state index in [1.807, 2.05) is 93.6 Å². The van der Waals surface area contributed by atoms with Gasteiger partial charge >= 0.3 is 0 Å². The van der Waals surface area contributed by atoms with Gasteiger partial charge in [0.15, 0.2) is 29.8 Å². The van der Waals surface area contributed by atoms with Crippen molar-refractivity contribution in [2.45, 2.75) is 27.4 Å². The van der Waals surface area contributed by atoms with Crippen LogP contribution in [0.4, 0.5) is 0 Å². The van der Waals surface area contributed by atoms with E-state index in [2.05, 4.69) is 11.8 Å². The number of rotatable bonds is 23. The van der Waals surface area contributed by atoms with E-state index in [-0.39, 0.29) is 6.79 Å². The van der Waals surface area contributed by atoms with Crippen LogP contribution in [0.15, 0.2) is 66.7 Å². The molecule has 0 amide bonds. The molecule has 3 aromatic rings. The van der Waals surface area contributed by atoms with E-state index < -0.39 is 0 Å². The van der Waals surface area contributed by atoms with Gasteiger partial charge in [-0.15, -0.1) is 0 Å². The predicted octanol–water partition coefficient (Wildman–Crippen LogP) is 6.55. The summed E-state index contributed by atoms with van der Waals surface area (Å²) in [5, 5.41) is 0. The minimum atomic E-state index is 0.00978. The molecule has 0 N–H and O–H groups in total. The average Bonchev–Trinajstić information content (AvgIpc) is 3.10. The van der Waals surface area contributed by atoms with Crippen LogP contribution in [0.2, 0.25) is 0 Å². The first kappa shape index (κ1) is 37.4. The maximum Gasteiger partial charge on any atom is 0.189 e. The summed E-state index contributed by atoms with van der Waals surface area (Å²) in [5.41, 5.74) is 3.30. The van der Waals surface area contributed by atoms with Gasteiger partial charge in [-0.3, -0.25) is 0 Å². The molecule has 9 heteroatoms. The highest BCUT2D eigenvalue weighted by Crippen LogP contribution is 2.34. The fourth-order valence-corrected chi connectivity index (χ4v) is 4.21. The molecule has 0 unspecified atom stereocenters. The van der Waals surface area contributed by atoms with Crippen molar-refractivity contribution in [3.05, 3.63) is 89.0 Å². The zero-order chi connectivity index (χ0) is 33.4. The Hall–Kier alpha value is -4.04. The normalized spacial score (nSPS) is 10.9. The molecule has 0 fully saturated rings. The number of benzene rings is 3. The van der Waals surface area contributed by atoms with E-state index in [1.165, 1.54) is 0 Å². The van der Waals surface area contributed by atoms with E-state index in [0.717, 1.165) is 16.7 Å². The molecule has 3 rings (SSSR count). The van der Waals surface area contributed by atoms with Gasteiger partial charge in [0.1, 0.15) is 13.2 Å². The summed E-state index contributed by atoms with van der Waals surface area (Å²) in [6.45, 7) is 11.4. The third kappa shape index (κ3) is 14.5. The van der Waals surface area contributed by atoms with Gasteiger partial charge in [0.05, 0.1) is 52.3 Å². The second-order valence-corrected chi connectivity index (χ2v) is 9.87. The maximum absolute atomic E-state index is 6.19. The molecule has 254 valence electrons. The first-order valence-electron chi connectivity index (χ1n) is 16.0. The summed E-state index contributed by atoms with van der Waals surface area (Å²) in [7, 11) is 1.60. The van der Waals surface area contributed by atoms with Crippen molar-refractivity contribution in [1.82, 2.24) is 0 Å². The molecule has 0 radical (unpaired) electrons. The Bertz CT molecular complexity index is 1380. The van der Waals surface area contributed by atoms with Gasteiger partial charge in [0.25, 0.3) is 0 Å². The predicted molar refractivity (Wildman–Crippen MR) is 182 cm³/mol. The van der Waals surface area contributed by atoms with Crippen molar-refractivity contribution in [3.63, 3.8) is 0 Å². The summed E-state index contributed by atoms with van der Waals surface area (Å²) < 4.78 is 51.5. The van der Waals surface area contributed by atoms with Gasteiger partial charge in [0, 0.05) is 25.4 Å². The lowest BCUT2D eigenvalue weighted by molar-refractivity contribution is 0.00286. The lowest BCUT2D eigenvalue weighted by atomic mass is 10.1. The second-order valence-electron chi connectivity index (χ2n) is 9.87. The largest absolute Gasteiger partial charge is 0.493 e. The Morgan fingerprint density at radius 1 is 0.617 bits per heavy atom. The van der Waals surface area contributed by atoms with Crippen molar-refractivity contribution in [1.29, 1.82) is 0 Å². The van der Waals surface area contributed by atoms with Crippen molar-refractivity contribution in [2.24, 2.45) is 0 Å². The monoisotopic (exact) mass is 648 g/mol. The summed E-state index contributed by atoms with van der Waals surface area (Å²) >= 11 is 0. The molecule has 0 aliphatic carbocycles. The van der Waals surface area contributed by atoms with Gasteiger partial charge in [-0.2, -0.15) is 0 Å². The average molecular weight is 649 g/mol. The summed E-state index contributed by atoms with van der Waals surface area (Å²) in [4.78, 5) is 0. The minimum Gasteiger partial charge on any atom is -0.493 e. The summed E-state index contributed by atoms with van der Waals surface area (Å²) in [6, 6.07) is 19.4. The fourth-order valence-electron chi connectivity index (χ4n) is 4.21. The SMILES string of the molecule is CCOCCOC/C=C/c1cc(C#Cc2ccc(OCCOCC)c(OC)c2)c(OCOCc2ccccc2)c(OCCOCC)c1. The van der Waals surface area contributed by atoms with E-state index in [4.69, 9.17) is 42.6 Å². The fraction of sp³-hybridized carbons (Fsp3) is 0.421. The van der Waals surface area contributed by atoms with Gasteiger partial charge in [-0.1, -0.05) is 54.3 Å². The van der Waals surface area contributed by atoms with Gasteiger partial charge < -0.3 is 42.6 Å². The minimum absolute atomic E-state index is 0.00978. The molecule has 3 aromatic carbocycles. The summed E-state index contributed by atoms with van der Waals surface area (Å²) in [5.74, 6) is 8.76. The van der Waals surface area contributed by atoms with Gasteiger partial charge in [-0.05, 0) is 62.2 Å². The molecule has 0 aliphatic heterocycles. The summed E-state index contributed by atoms with van der Waals surface area (Å²) in [6.07, 6.45) is 3.91. The zero-order valence-electron chi connectivity index (χ0n) is 28.1. The van der Waals surface area contributed by atoms with Crippen LogP contribution in [0.3, 0.4) is 0 Å². The van der Waals surface area contributed by atoms with Crippen LogP contribution in [-0.2, 0) is 30.3 Å². The molecule has 0 saturated heterocycles. The van der Waals surface area contributed by atoms with Crippen molar-refractivity contribution in [3.8, 4) is 34.8 Å². The molecule has 0 spiro atoms. The number of hydrogen-bond donors (Lipinski definition) is 0. The van der Waals surface area contributed by atoms with Gasteiger partial charge in [-0.25, -0.2) is 0 Å². The highest BCUT2D eigenvalue weighted by molar-refractivity contribution is 5.64. The second kappa shape index (κ2) is 23.3. The smallest absolute Gasteiger partial charge is 0.189 e. The molecule has 9 nitrogen and oxygen atoms in total. The third-order valence-corrected chi connectivity index (χ3v) is 6.46. The molecule has 0 aliphatic rings. The van der Waals surface area contributed by atoms with Crippen LogP contribution in [-0.4, -0.2) is 80.0 Å². The Balaban J connectivity index is 1.88. The van der Waals surface area contributed by atoms with E-state index >= 15 is 0 Å². The first-order chi connectivity index (χ1) is 23.2.